The van der Waals surface area contributed by atoms with Crippen LogP contribution in [0.3, 0.4) is 0 Å². The molecule has 0 unspecified atom stereocenters. The van der Waals surface area contributed by atoms with Gasteiger partial charge in [-0.25, -0.2) is 9.50 Å². The molecule has 0 bridgehead atoms. The number of amides is 1. The number of aromatic nitrogens is 3. The predicted octanol–water partition coefficient (Wildman–Crippen LogP) is 2.67. The molecule has 0 saturated heterocycles. The van der Waals surface area contributed by atoms with E-state index in [-0.39, 0.29) is 5.91 Å². The Hall–Kier alpha value is -2.41. The zero-order chi connectivity index (χ0) is 15.0. The minimum atomic E-state index is -0.283. The second-order valence-electron chi connectivity index (χ2n) is 4.63. The van der Waals surface area contributed by atoms with Crippen LogP contribution in [-0.4, -0.2) is 27.6 Å². The number of nitrogens with zero attached hydrogens (tertiary/aromatic N) is 3. The third-order valence-electron chi connectivity index (χ3n) is 2.98. The molecule has 0 spiro atoms. The Balaban J connectivity index is 1.88. The molecule has 0 fully saturated rings. The summed E-state index contributed by atoms with van der Waals surface area (Å²) in [5, 5.41) is 7.97. The molecule has 3 rings (SSSR count). The Bertz CT molecular complexity index is 790. The number of rotatable bonds is 3. The fraction of sp³-hybridized carbons (Fsp3) is 0.214. The van der Waals surface area contributed by atoms with Crippen LogP contribution < -0.4 is 10.1 Å². The van der Waals surface area contributed by atoms with Crippen LogP contribution in [0.1, 0.15) is 21.1 Å². The van der Waals surface area contributed by atoms with Crippen molar-refractivity contribution in [2.45, 2.75) is 13.8 Å². The van der Waals surface area contributed by atoms with Gasteiger partial charge in [-0.15, -0.1) is 0 Å². The molecule has 0 atom stereocenters. The normalized spacial score (nSPS) is 10.8. The molecule has 1 aromatic carbocycles. The fourth-order valence-electron chi connectivity index (χ4n) is 2.01. The summed E-state index contributed by atoms with van der Waals surface area (Å²) < 4.78 is 6.86. The number of carbonyl (C=O) groups is 1. The Morgan fingerprint density at radius 3 is 2.90 bits per heavy atom. The van der Waals surface area contributed by atoms with E-state index < -0.39 is 0 Å². The molecule has 0 radical (unpaired) electrons. The first-order valence-electron chi connectivity index (χ1n) is 6.35. The molecule has 2 heterocycles. The molecular formula is C14H14N4O2S. The van der Waals surface area contributed by atoms with Crippen molar-refractivity contribution < 1.29 is 9.53 Å². The van der Waals surface area contributed by atoms with Gasteiger partial charge in [0, 0.05) is 0 Å². The van der Waals surface area contributed by atoms with Crippen molar-refractivity contribution in [2.24, 2.45) is 0 Å². The van der Waals surface area contributed by atoms with Crippen LogP contribution in [0, 0.1) is 13.8 Å². The predicted molar refractivity (Wildman–Crippen MR) is 81.3 cm³/mol. The zero-order valence-corrected chi connectivity index (χ0v) is 12.7. The van der Waals surface area contributed by atoms with Crippen LogP contribution >= 0.6 is 11.3 Å². The minimum Gasteiger partial charge on any atom is -0.495 e. The van der Waals surface area contributed by atoms with E-state index in [0.717, 1.165) is 10.6 Å². The van der Waals surface area contributed by atoms with Crippen LogP contribution in [0.4, 0.5) is 5.69 Å². The Morgan fingerprint density at radius 1 is 1.38 bits per heavy atom. The van der Waals surface area contributed by atoms with E-state index in [1.54, 1.807) is 17.8 Å². The van der Waals surface area contributed by atoms with Crippen LogP contribution in [0.15, 0.2) is 24.4 Å². The topological polar surface area (TPSA) is 68.5 Å². The average Bonchev–Trinajstić information content (AvgIpc) is 2.96. The largest absolute Gasteiger partial charge is 0.495 e. The maximum absolute atomic E-state index is 12.3. The van der Waals surface area contributed by atoms with Gasteiger partial charge in [-0.3, -0.25) is 4.79 Å². The third-order valence-corrected chi connectivity index (χ3v) is 3.82. The molecule has 0 aliphatic rings. The molecule has 0 aliphatic heterocycles. The highest BCUT2D eigenvalue weighted by Crippen LogP contribution is 2.25. The summed E-state index contributed by atoms with van der Waals surface area (Å²) in [5.41, 5.74) is 1.99. The first kappa shape index (κ1) is 13.6. The fourth-order valence-corrected chi connectivity index (χ4v) is 2.74. The first-order chi connectivity index (χ1) is 10.1. The summed E-state index contributed by atoms with van der Waals surface area (Å²) in [5.74, 6) is 0.332. The van der Waals surface area contributed by atoms with Crippen molar-refractivity contribution in [3.05, 3.63) is 40.7 Å². The number of aryl methyl sites for hydroxylation is 2. The van der Waals surface area contributed by atoms with Crippen molar-refractivity contribution >= 4 is 27.9 Å². The number of hydrogen-bond donors (Lipinski definition) is 1. The standard InChI is InChI=1S/C14H14N4O2S/c1-8-4-5-12(20-3)10(6-8)15-13(19)11-7-18-14(16-11)21-9(2)17-18/h4-7H,1-3H3,(H,15,19). The maximum Gasteiger partial charge on any atom is 0.276 e. The first-order valence-corrected chi connectivity index (χ1v) is 7.17. The quantitative estimate of drug-likeness (QED) is 0.807. The number of nitrogens with one attached hydrogen (secondary N) is 1. The van der Waals surface area contributed by atoms with Crippen molar-refractivity contribution in [3.63, 3.8) is 0 Å². The van der Waals surface area contributed by atoms with Gasteiger partial charge in [-0.1, -0.05) is 17.4 Å². The summed E-state index contributed by atoms with van der Waals surface area (Å²) in [4.78, 5) is 17.3. The second-order valence-corrected chi connectivity index (χ2v) is 5.79. The second kappa shape index (κ2) is 5.17. The van der Waals surface area contributed by atoms with Crippen molar-refractivity contribution in [2.75, 3.05) is 12.4 Å². The van der Waals surface area contributed by atoms with E-state index >= 15 is 0 Å². The highest BCUT2D eigenvalue weighted by Gasteiger charge is 2.15. The monoisotopic (exact) mass is 302 g/mol. The summed E-state index contributed by atoms with van der Waals surface area (Å²) in [7, 11) is 1.57. The summed E-state index contributed by atoms with van der Waals surface area (Å²) >= 11 is 1.44. The van der Waals surface area contributed by atoms with Gasteiger partial charge in [0.2, 0.25) is 4.96 Å². The summed E-state index contributed by atoms with van der Waals surface area (Å²) in [6.45, 7) is 3.85. The summed E-state index contributed by atoms with van der Waals surface area (Å²) in [6, 6.07) is 5.60. The van der Waals surface area contributed by atoms with Crippen molar-refractivity contribution in [3.8, 4) is 5.75 Å². The number of hydrogen-bond acceptors (Lipinski definition) is 5. The molecule has 2 aromatic heterocycles. The molecule has 7 heteroatoms. The number of benzene rings is 1. The Labute approximate surface area is 125 Å². The van der Waals surface area contributed by atoms with E-state index in [1.807, 2.05) is 32.0 Å². The van der Waals surface area contributed by atoms with Crippen molar-refractivity contribution in [1.82, 2.24) is 14.6 Å². The minimum absolute atomic E-state index is 0.283. The van der Waals surface area contributed by atoms with Crippen LogP contribution in [0.25, 0.3) is 4.96 Å². The van der Waals surface area contributed by atoms with Gasteiger partial charge in [0.25, 0.3) is 5.91 Å². The van der Waals surface area contributed by atoms with Gasteiger partial charge in [0.05, 0.1) is 19.0 Å². The van der Waals surface area contributed by atoms with Gasteiger partial charge < -0.3 is 10.1 Å². The number of carbonyl (C=O) groups excluding carboxylic acids is 1. The van der Waals surface area contributed by atoms with Gasteiger partial charge in [0.15, 0.2) is 0 Å². The third kappa shape index (κ3) is 2.59. The van der Waals surface area contributed by atoms with Gasteiger partial charge in [-0.05, 0) is 31.5 Å². The van der Waals surface area contributed by atoms with Crippen LogP contribution in [0.5, 0.6) is 5.75 Å². The lowest BCUT2D eigenvalue weighted by molar-refractivity contribution is 0.102. The Kier molecular flexibility index (Phi) is 3.34. The molecule has 6 nitrogen and oxygen atoms in total. The highest BCUT2D eigenvalue weighted by atomic mass is 32.1. The number of ether oxygens (including phenoxy) is 1. The van der Waals surface area contributed by atoms with E-state index in [2.05, 4.69) is 15.4 Å². The zero-order valence-electron chi connectivity index (χ0n) is 11.9. The Morgan fingerprint density at radius 2 is 2.19 bits per heavy atom. The molecule has 21 heavy (non-hydrogen) atoms. The molecule has 108 valence electrons. The highest BCUT2D eigenvalue weighted by molar-refractivity contribution is 7.16. The molecule has 3 aromatic rings. The SMILES string of the molecule is COc1ccc(C)cc1NC(=O)c1cn2nc(C)sc2n1. The van der Waals surface area contributed by atoms with E-state index in [1.165, 1.54) is 11.3 Å². The number of fused-ring (bicyclic) bond motifs is 1. The molecule has 1 N–H and O–H groups in total. The molecule has 0 aliphatic carbocycles. The average molecular weight is 302 g/mol. The van der Waals surface area contributed by atoms with Crippen molar-refractivity contribution in [1.29, 1.82) is 0 Å². The lowest BCUT2D eigenvalue weighted by Crippen LogP contribution is -2.13. The smallest absolute Gasteiger partial charge is 0.276 e. The van der Waals surface area contributed by atoms with Gasteiger partial charge in [0.1, 0.15) is 16.5 Å². The molecule has 1 amide bonds. The lowest BCUT2D eigenvalue weighted by atomic mass is 10.2. The number of methoxy groups -OCH3 is 1. The van der Waals surface area contributed by atoms with E-state index in [9.17, 15) is 4.79 Å². The van der Waals surface area contributed by atoms with Gasteiger partial charge >= 0.3 is 0 Å². The number of imidazole rings is 1. The van der Waals surface area contributed by atoms with Crippen LogP contribution in [-0.2, 0) is 0 Å². The summed E-state index contributed by atoms with van der Waals surface area (Å²) in [6.07, 6.45) is 1.62. The lowest BCUT2D eigenvalue weighted by Gasteiger charge is -2.09. The van der Waals surface area contributed by atoms with Gasteiger partial charge in [-0.2, -0.15) is 5.10 Å². The van der Waals surface area contributed by atoms with E-state index in [0.29, 0.717) is 22.1 Å². The number of anilines is 1. The molecular weight excluding hydrogens is 288 g/mol. The molecule has 0 saturated carbocycles. The van der Waals surface area contributed by atoms with E-state index in [4.69, 9.17) is 4.74 Å². The van der Waals surface area contributed by atoms with Crippen LogP contribution in [0.2, 0.25) is 0 Å². The maximum atomic E-state index is 12.3.